The van der Waals surface area contributed by atoms with Crippen molar-refractivity contribution >= 4 is 61.4 Å². The quantitative estimate of drug-likeness (QED) is 0.395. The van der Waals surface area contributed by atoms with Crippen LogP contribution in [0, 0.1) is 12.8 Å². The summed E-state index contributed by atoms with van der Waals surface area (Å²) in [5.74, 6) is 0.768. The van der Waals surface area contributed by atoms with Gasteiger partial charge in [0.1, 0.15) is 46.3 Å². The number of amides is 2. The minimum Gasteiger partial charge on any atom is -0.383 e. The molecule has 1 aliphatic heterocycles. The van der Waals surface area contributed by atoms with Gasteiger partial charge in [0.25, 0.3) is 0 Å². The van der Waals surface area contributed by atoms with Crippen molar-refractivity contribution in [3.8, 4) is 0 Å². The number of anilines is 2. The molecule has 11 heteroatoms. The van der Waals surface area contributed by atoms with Crippen LogP contribution < -0.4 is 11.1 Å². The molecule has 0 radical (unpaired) electrons. The number of carbonyl (C=O) groups excluding carboxylic acids is 2. The van der Waals surface area contributed by atoms with Crippen LogP contribution in [0.15, 0.2) is 41.4 Å². The summed E-state index contributed by atoms with van der Waals surface area (Å²) in [7, 11) is 0. The average Bonchev–Trinajstić information content (AvgIpc) is 3.33. The Kier molecular flexibility index (Phi) is 4.76. The van der Waals surface area contributed by atoms with Crippen molar-refractivity contribution in [3.05, 3.63) is 47.0 Å². The standard InChI is InChI=1S/C23H21BrN8O2/c1-11-5-6-26-19-18-21(25)27-10-28-22(18)31(20(11)19)9-17(33)32-13-7-12(13)8-14(32)23(34)30-16-4-2-3-15(24)29-16/h2-6,10,12-14H,7-9H2,1H3,(H2,25,27,28)(H,29,30,34)/t12-,13?,14+/m1/s1. The molecule has 0 bridgehead atoms. The van der Waals surface area contributed by atoms with Crippen molar-refractivity contribution in [2.75, 3.05) is 11.1 Å². The molecule has 5 heterocycles. The van der Waals surface area contributed by atoms with Gasteiger partial charge in [-0.05, 0) is 65.4 Å². The predicted molar refractivity (Wildman–Crippen MR) is 130 cm³/mol. The number of carbonyl (C=O) groups is 2. The maximum atomic E-state index is 13.7. The first kappa shape index (κ1) is 21.0. The maximum absolute atomic E-state index is 13.7. The largest absolute Gasteiger partial charge is 0.383 e. The van der Waals surface area contributed by atoms with Gasteiger partial charge in [-0.15, -0.1) is 0 Å². The van der Waals surface area contributed by atoms with E-state index in [0.717, 1.165) is 17.5 Å². The smallest absolute Gasteiger partial charge is 0.248 e. The van der Waals surface area contributed by atoms with E-state index in [4.69, 9.17) is 5.73 Å². The van der Waals surface area contributed by atoms with Gasteiger partial charge in [0.2, 0.25) is 11.8 Å². The number of rotatable bonds is 4. The number of hydrogen-bond donors (Lipinski definition) is 2. The molecular weight excluding hydrogens is 500 g/mol. The van der Waals surface area contributed by atoms with Crippen LogP contribution in [-0.4, -0.2) is 53.3 Å². The molecule has 3 N–H and O–H groups in total. The van der Waals surface area contributed by atoms with Crippen molar-refractivity contribution in [2.24, 2.45) is 5.92 Å². The Morgan fingerprint density at radius 3 is 2.88 bits per heavy atom. The molecule has 1 unspecified atom stereocenters. The SMILES string of the molecule is Cc1ccnc2c3c(N)ncnc3n(CC(=O)N3C4C[C@@H]4C[C@H]3C(=O)Nc3cccc(Br)n3)c12. The van der Waals surface area contributed by atoms with Gasteiger partial charge >= 0.3 is 0 Å². The van der Waals surface area contributed by atoms with Crippen LogP contribution in [-0.2, 0) is 16.1 Å². The molecule has 0 aromatic carbocycles. The highest BCUT2D eigenvalue weighted by atomic mass is 79.9. The number of nitrogens with two attached hydrogens (primary N) is 1. The van der Waals surface area contributed by atoms with E-state index in [1.54, 1.807) is 29.3 Å². The highest BCUT2D eigenvalue weighted by Crippen LogP contribution is 2.48. The van der Waals surface area contributed by atoms with Crippen LogP contribution >= 0.6 is 15.9 Å². The summed E-state index contributed by atoms with van der Waals surface area (Å²) in [5, 5.41) is 3.49. The number of nitrogens with zero attached hydrogens (tertiary/aromatic N) is 6. The van der Waals surface area contributed by atoms with E-state index in [-0.39, 0.29) is 24.4 Å². The average molecular weight is 521 g/mol. The molecule has 2 aliphatic rings. The second-order valence-corrected chi connectivity index (χ2v) is 9.63. The van der Waals surface area contributed by atoms with Gasteiger partial charge in [0.15, 0.2) is 0 Å². The maximum Gasteiger partial charge on any atom is 0.248 e. The first-order valence-electron chi connectivity index (χ1n) is 11.0. The van der Waals surface area contributed by atoms with Crippen molar-refractivity contribution in [2.45, 2.75) is 38.4 Å². The Morgan fingerprint density at radius 2 is 2.06 bits per heavy atom. The van der Waals surface area contributed by atoms with Gasteiger partial charge in [-0.2, -0.15) is 0 Å². The molecule has 4 aromatic rings. The molecule has 1 saturated heterocycles. The number of likely N-dealkylation sites (tertiary alicyclic amines) is 1. The zero-order chi connectivity index (χ0) is 23.6. The molecule has 172 valence electrons. The number of nitrogens with one attached hydrogen (secondary N) is 1. The highest BCUT2D eigenvalue weighted by Gasteiger charge is 2.56. The molecule has 0 spiro atoms. The highest BCUT2D eigenvalue weighted by molar-refractivity contribution is 9.10. The second-order valence-electron chi connectivity index (χ2n) is 8.82. The Morgan fingerprint density at radius 1 is 1.21 bits per heavy atom. The fourth-order valence-electron chi connectivity index (χ4n) is 5.11. The first-order chi connectivity index (χ1) is 16.4. The van der Waals surface area contributed by atoms with Gasteiger partial charge in [-0.3, -0.25) is 14.6 Å². The lowest BCUT2D eigenvalue weighted by Crippen LogP contribution is -2.46. The Balaban J connectivity index is 1.34. The van der Waals surface area contributed by atoms with E-state index in [2.05, 4.69) is 41.2 Å². The number of hydrogen-bond acceptors (Lipinski definition) is 7. The second kappa shape index (κ2) is 7.73. The van der Waals surface area contributed by atoms with E-state index in [1.165, 1.54) is 6.33 Å². The summed E-state index contributed by atoms with van der Waals surface area (Å²) in [5.41, 5.74) is 9.13. The number of pyridine rings is 2. The molecular formula is C23H21BrN8O2. The molecule has 6 rings (SSSR count). The Labute approximate surface area is 202 Å². The summed E-state index contributed by atoms with van der Waals surface area (Å²) >= 11 is 3.32. The molecule has 3 atom stereocenters. The zero-order valence-corrected chi connectivity index (χ0v) is 19.9. The van der Waals surface area contributed by atoms with Crippen molar-refractivity contribution < 1.29 is 9.59 Å². The summed E-state index contributed by atoms with van der Waals surface area (Å²) in [4.78, 5) is 45.8. The predicted octanol–water partition coefficient (Wildman–Crippen LogP) is 2.66. The lowest BCUT2D eigenvalue weighted by molar-refractivity contribution is -0.138. The van der Waals surface area contributed by atoms with Crippen LogP contribution in [0.1, 0.15) is 18.4 Å². The molecule has 4 aromatic heterocycles. The number of piperidine rings is 1. The van der Waals surface area contributed by atoms with Crippen LogP contribution in [0.2, 0.25) is 0 Å². The molecule has 10 nitrogen and oxygen atoms in total. The number of nitrogen functional groups attached to an aromatic ring is 1. The number of halogens is 1. The minimum atomic E-state index is -0.538. The van der Waals surface area contributed by atoms with Gasteiger partial charge in [0, 0.05) is 12.2 Å². The summed E-state index contributed by atoms with van der Waals surface area (Å²) in [6, 6.07) is 6.75. The molecule has 2 fully saturated rings. The van der Waals surface area contributed by atoms with Crippen molar-refractivity contribution in [1.82, 2.24) is 29.4 Å². The van der Waals surface area contributed by atoms with E-state index >= 15 is 0 Å². The van der Waals surface area contributed by atoms with Crippen LogP contribution in [0.4, 0.5) is 11.6 Å². The van der Waals surface area contributed by atoms with Crippen LogP contribution in [0.25, 0.3) is 22.1 Å². The summed E-state index contributed by atoms with van der Waals surface area (Å²) in [6.45, 7) is 1.99. The van der Waals surface area contributed by atoms with Gasteiger partial charge in [0.05, 0.1) is 10.9 Å². The molecule has 2 amide bonds. The normalized spacial score (nSPS) is 21.1. The van der Waals surface area contributed by atoms with E-state index in [0.29, 0.717) is 45.1 Å². The van der Waals surface area contributed by atoms with E-state index in [9.17, 15) is 9.59 Å². The fourth-order valence-corrected chi connectivity index (χ4v) is 5.45. The number of aromatic nitrogens is 5. The third-order valence-electron chi connectivity index (χ3n) is 6.70. The lowest BCUT2D eigenvalue weighted by atomic mass is 10.1. The van der Waals surface area contributed by atoms with Gasteiger partial charge < -0.3 is 20.5 Å². The van der Waals surface area contributed by atoms with Gasteiger partial charge in [-0.1, -0.05) is 6.07 Å². The molecule has 34 heavy (non-hydrogen) atoms. The first-order valence-corrected chi connectivity index (χ1v) is 11.8. The Hall–Kier alpha value is -3.60. The van der Waals surface area contributed by atoms with Crippen LogP contribution in [0.3, 0.4) is 0 Å². The van der Waals surface area contributed by atoms with E-state index < -0.39 is 6.04 Å². The minimum absolute atomic E-state index is 0.0329. The zero-order valence-electron chi connectivity index (χ0n) is 18.3. The van der Waals surface area contributed by atoms with Crippen LogP contribution in [0.5, 0.6) is 0 Å². The third-order valence-corrected chi connectivity index (χ3v) is 7.14. The topological polar surface area (TPSA) is 132 Å². The lowest BCUT2D eigenvalue weighted by Gasteiger charge is -2.27. The number of aryl methyl sites for hydroxylation is 1. The number of fused-ring (bicyclic) bond motifs is 4. The Bertz CT molecular complexity index is 1480. The molecule has 1 aliphatic carbocycles. The summed E-state index contributed by atoms with van der Waals surface area (Å²) < 4.78 is 2.47. The monoisotopic (exact) mass is 520 g/mol. The van der Waals surface area contributed by atoms with Gasteiger partial charge in [-0.25, -0.2) is 15.0 Å². The van der Waals surface area contributed by atoms with E-state index in [1.807, 2.05) is 17.6 Å². The fraction of sp³-hybridized carbons (Fsp3) is 0.304. The summed E-state index contributed by atoms with van der Waals surface area (Å²) in [6.07, 6.45) is 4.68. The third kappa shape index (κ3) is 3.30. The van der Waals surface area contributed by atoms with Crippen molar-refractivity contribution in [1.29, 1.82) is 0 Å². The molecule has 1 saturated carbocycles. The van der Waals surface area contributed by atoms with Crippen molar-refractivity contribution in [3.63, 3.8) is 0 Å².